The summed E-state index contributed by atoms with van der Waals surface area (Å²) >= 11 is 0. The van der Waals surface area contributed by atoms with Crippen molar-refractivity contribution in [1.82, 2.24) is 5.32 Å². The Kier molecular flexibility index (Phi) is 4.11. The van der Waals surface area contributed by atoms with Crippen molar-refractivity contribution in [1.29, 1.82) is 0 Å². The summed E-state index contributed by atoms with van der Waals surface area (Å²) in [6.45, 7) is 4.10. The Morgan fingerprint density at radius 1 is 1.19 bits per heavy atom. The standard InChI is InChI=1S/C18H22N2O/c1-13-11-15(21-2)7-8-17(13)20-18-9-10-19-12-14-5-3-4-6-16(14)18/h3-8,11,18-20H,9-10,12H2,1-2H3. The zero-order valence-electron chi connectivity index (χ0n) is 12.6. The molecule has 21 heavy (non-hydrogen) atoms. The SMILES string of the molecule is COc1ccc(NC2CCNCc3ccccc32)c(C)c1. The lowest BCUT2D eigenvalue weighted by molar-refractivity contribution is 0.414. The molecule has 3 heteroatoms. The van der Waals surface area contributed by atoms with Crippen LogP contribution in [0.15, 0.2) is 42.5 Å². The van der Waals surface area contributed by atoms with E-state index in [0.29, 0.717) is 6.04 Å². The predicted octanol–water partition coefficient (Wildman–Crippen LogP) is 3.65. The van der Waals surface area contributed by atoms with E-state index in [1.54, 1.807) is 7.11 Å². The van der Waals surface area contributed by atoms with Crippen LogP contribution in [0.1, 0.15) is 29.2 Å². The van der Waals surface area contributed by atoms with Gasteiger partial charge in [0.2, 0.25) is 0 Å². The van der Waals surface area contributed by atoms with E-state index in [2.05, 4.69) is 54.0 Å². The Bertz CT molecular complexity index is 624. The average Bonchev–Trinajstić information content (AvgIpc) is 2.72. The molecule has 1 unspecified atom stereocenters. The van der Waals surface area contributed by atoms with Gasteiger partial charge in [0.05, 0.1) is 13.2 Å². The summed E-state index contributed by atoms with van der Waals surface area (Å²) in [6.07, 6.45) is 1.09. The fourth-order valence-corrected chi connectivity index (χ4v) is 2.92. The van der Waals surface area contributed by atoms with Crippen molar-refractivity contribution in [3.63, 3.8) is 0 Å². The van der Waals surface area contributed by atoms with Gasteiger partial charge >= 0.3 is 0 Å². The van der Waals surface area contributed by atoms with E-state index in [4.69, 9.17) is 4.74 Å². The Balaban J connectivity index is 1.87. The van der Waals surface area contributed by atoms with E-state index in [-0.39, 0.29) is 0 Å². The number of benzene rings is 2. The third kappa shape index (κ3) is 3.03. The second-order valence-corrected chi connectivity index (χ2v) is 5.54. The molecule has 110 valence electrons. The fraction of sp³-hybridized carbons (Fsp3) is 0.333. The van der Waals surface area contributed by atoms with Gasteiger partial charge in [-0.2, -0.15) is 0 Å². The Morgan fingerprint density at radius 3 is 2.86 bits per heavy atom. The molecule has 1 atom stereocenters. The van der Waals surface area contributed by atoms with Gasteiger partial charge in [-0.15, -0.1) is 0 Å². The van der Waals surface area contributed by atoms with Crippen LogP contribution in [0.2, 0.25) is 0 Å². The molecule has 0 amide bonds. The van der Waals surface area contributed by atoms with Crippen molar-refractivity contribution in [2.45, 2.75) is 25.9 Å². The van der Waals surface area contributed by atoms with Crippen LogP contribution >= 0.6 is 0 Å². The van der Waals surface area contributed by atoms with Crippen molar-refractivity contribution in [3.05, 3.63) is 59.2 Å². The van der Waals surface area contributed by atoms with E-state index in [9.17, 15) is 0 Å². The minimum Gasteiger partial charge on any atom is -0.497 e. The first-order valence-electron chi connectivity index (χ1n) is 7.47. The first-order valence-corrected chi connectivity index (χ1v) is 7.47. The predicted molar refractivity (Wildman–Crippen MR) is 86.9 cm³/mol. The lowest BCUT2D eigenvalue weighted by atomic mass is 9.98. The second-order valence-electron chi connectivity index (χ2n) is 5.54. The molecule has 3 rings (SSSR count). The van der Waals surface area contributed by atoms with Gasteiger partial charge in [-0.25, -0.2) is 0 Å². The van der Waals surface area contributed by atoms with E-state index < -0.39 is 0 Å². The molecule has 0 bridgehead atoms. The molecule has 2 aromatic rings. The number of ether oxygens (including phenoxy) is 1. The Morgan fingerprint density at radius 2 is 2.05 bits per heavy atom. The van der Waals surface area contributed by atoms with Crippen LogP contribution in [0.25, 0.3) is 0 Å². The molecule has 1 heterocycles. The molecule has 3 nitrogen and oxygen atoms in total. The molecule has 0 aliphatic carbocycles. The second kappa shape index (κ2) is 6.19. The highest BCUT2D eigenvalue weighted by Gasteiger charge is 2.18. The highest BCUT2D eigenvalue weighted by atomic mass is 16.5. The first-order chi connectivity index (χ1) is 10.3. The number of methoxy groups -OCH3 is 1. The first kappa shape index (κ1) is 14.0. The largest absolute Gasteiger partial charge is 0.497 e. The van der Waals surface area contributed by atoms with Crippen LogP contribution in [0.5, 0.6) is 5.75 Å². The average molecular weight is 282 g/mol. The number of anilines is 1. The van der Waals surface area contributed by atoms with E-state index in [0.717, 1.165) is 25.3 Å². The molecule has 0 saturated heterocycles. The van der Waals surface area contributed by atoms with Gasteiger partial charge in [-0.3, -0.25) is 0 Å². The third-order valence-electron chi connectivity index (χ3n) is 4.12. The number of hydrogen-bond acceptors (Lipinski definition) is 3. The molecule has 0 aromatic heterocycles. The zero-order valence-corrected chi connectivity index (χ0v) is 12.6. The normalized spacial score (nSPS) is 17.7. The van der Waals surface area contributed by atoms with Crippen LogP contribution in [-0.4, -0.2) is 13.7 Å². The summed E-state index contributed by atoms with van der Waals surface area (Å²) < 4.78 is 5.28. The topological polar surface area (TPSA) is 33.3 Å². The van der Waals surface area contributed by atoms with Crippen LogP contribution in [0, 0.1) is 6.92 Å². The van der Waals surface area contributed by atoms with Gasteiger partial charge < -0.3 is 15.4 Å². The Labute approximate surface area is 126 Å². The van der Waals surface area contributed by atoms with Crippen molar-refractivity contribution < 1.29 is 4.74 Å². The van der Waals surface area contributed by atoms with Crippen molar-refractivity contribution in [3.8, 4) is 5.75 Å². The third-order valence-corrected chi connectivity index (χ3v) is 4.12. The van der Waals surface area contributed by atoms with Gasteiger partial charge in [0.1, 0.15) is 5.75 Å². The highest BCUT2D eigenvalue weighted by molar-refractivity contribution is 5.55. The highest BCUT2D eigenvalue weighted by Crippen LogP contribution is 2.30. The van der Waals surface area contributed by atoms with Crippen molar-refractivity contribution >= 4 is 5.69 Å². The maximum atomic E-state index is 5.28. The van der Waals surface area contributed by atoms with E-state index in [1.165, 1.54) is 22.4 Å². The molecule has 2 N–H and O–H groups in total. The molecular weight excluding hydrogens is 260 g/mol. The lowest BCUT2D eigenvalue weighted by Crippen LogP contribution is -2.15. The fourth-order valence-electron chi connectivity index (χ4n) is 2.92. The van der Waals surface area contributed by atoms with Gasteiger partial charge in [-0.1, -0.05) is 24.3 Å². The number of hydrogen-bond donors (Lipinski definition) is 2. The molecule has 0 saturated carbocycles. The molecule has 2 aromatic carbocycles. The summed E-state index contributed by atoms with van der Waals surface area (Å²) in [7, 11) is 1.70. The van der Waals surface area contributed by atoms with Crippen LogP contribution in [0.4, 0.5) is 5.69 Å². The summed E-state index contributed by atoms with van der Waals surface area (Å²) in [5.74, 6) is 0.904. The smallest absolute Gasteiger partial charge is 0.119 e. The van der Waals surface area contributed by atoms with Crippen molar-refractivity contribution in [2.24, 2.45) is 0 Å². The minimum absolute atomic E-state index is 0.350. The van der Waals surface area contributed by atoms with Gasteiger partial charge in [-0.05, 0) is 54.8 Å². The monoisotopic (exact) mass is 282 g/mol. The summed E-state index contributed by atoms with van der Waals surface area (Å²) in [6, 6.07) is 15.2. The molecule has 0 fully saturated rings. The number of rotatable bonds is 3. The molecule has 0 radical (unpaired) electrons. The van der Waals surface area contributed by atoms with Crippen molar-refractivity contribution in [2.75, 3.05) is 19.0 Å². The quantitative estimate of drug-likeness (QED) is 0.901. The van der Waals surface area contributed by atoms with E-state index >= 15 is 0 Å². The maximum Gasteiger partial charge on any atom is 0.119 e. The Hall–Kier alpha value is -2.00. The zero-order chi connectivity index (χ0) is 14.7. The molecule has 1 aliphatic rings. The summed E-state index contributed by atoms with van der Waals surface area (Å²) in [5.41, 5.74) is 5.18. The van der Waals surface area contributed by atoms with Crippen LogP contribution < -0.4 is 15.4 Å². The van der Waals surface area contributed by atoms with E-state index in [1.807, 2.05) is 6.07 Å². The summed E-state index contributed by atoms with van der Waals surface area (Å²) in [4.78, 5) is 0. The van der Waals surface area contributed by atoms with Crippen LogP contribution in [-0.2, 0) is 6.54 Å². The number of aryl methyl sites for hydroxylation is 1. The lowest BCUT2D eigenvalue weighted by Gasteiger charge is -2.21. The van der Waals surface area contributed by atoms with Gasteiger partial charge in [0, 0.05) is 12.2 Å². The number of fused-ring (bicyclic) bond motifs is 1. The molecule has 0 spiro atoms. The summed E-state index contributed by atoms with van der Waals surface area (Å²) in [5, 5.41) is 7.19. The minimum atomic E-state index is 0.350. The van der Waals surface area contributed by atoms with Gasteiger partial charge in [0.15, 0.2) is 0 Å². The molecule has 1 aliphatic heterocycles. The molecular formula is C18H22N2O. The number of nitrogens with one attached hydrogen (secondary N) is 2. The van der Waals surface area contributed by atoms with Crippen LogP contribution in [0.3, 0.4) is 0 Å². The van der Waals surface area contributed by atoms with Gasteiger partial charge in [0.25, 0.3) is 0 Å². The maximum absolute atomic E-state index is 5.28.